The average molecular weight is 331 g/mol. The lowest BCUT2D eigenvalue weighted by Gasteiger charge is -2.15. The molecule has 1 N–H and O–H groups in total. The normalized spacial score (nSPS) is 13.7. The number of benzene rings is 1. The van der Waals surface area contributed by atoms with Crippen molar-refractivity contribution < 1.29 is 19.4 Å². The molecule has 0 radical (unpaired) electrons. The second-order valence-electron chi connectivity index (χ2n) is 4.50. The molecule has 0 spiro atoms. The van der Waals surface area contributed by atoms with Gasteiger partial charge >= 0.3 is 5.97 Å². The van der Waals surface area contributed by atoms with Crippen molar-refractivity contribution in [2.75, 3.05) is 6.61 Å². The van der Waals surface area contributed by atoms with E-state index in [4.69, 9.17) is 14.6 Å². The summed E-state index contributed by atoms with van der Waals surface area (Å²) in [5.74, 6) is 0.165. The van der Waals surface area contributed by atoms with Crippen molar-refractivity contribution in [3.05, 3.63) is 28.2 Å². The second kappa shape index (κ2) is 7.50. The van der Waals surface area contributed by atoms with E-state index in [0.717, 1.165) is 10.0 Å². The van der Waals surface area contributed by atoms with Gasteiger partial charge in [-0.05, 0) is 54.4 Å². The molecule has 5 heteroatoms. The van der Waals surface area contributed by atoms with Crippen LogP contribution in [-0.2, 0) is 9.53 Å². The van der Waals surface area contributed by atoms with E-state index in [1.165, 1.54) is 0 Å². The smallest absolute Gasteiger partial charge is 0.347 e. The largest absolute Gasteiger partial charge is 0.478 e. The van der Waals surface area contributed by atoms with Crippen LogP contribution in [0.5, 0.6) is 5.75 Å². The number of aliphatic hydroxyl groups excluding tert-OH is 1. The van der Waals surface area contributed by atoms with Crippen molar-refractivity contribution in [1.29, 1.82) is 0 Å². The van der Waals surface area contributed by atoms with Gasteiger partial charge in [-0.1, -0.05) is 6.07 Å². The molecule has 2 unspecified atom stereocenters. The molecule has 1 aromatic carbocycles. The third kappa shape index (κ3) is 5.61. The van der Waals surface area contributed by atoms with Crippen LogP contribution in [0, 0.1) is 6.92 Å². The minimum Gasteiger partial charge on any atom is -0.478 e. The number of ether oxygens (including phenoxy) is 2. The molecule has 1 aromatic rings. The van der Waals surface area contributed by atoms with Gasteiger partial charge in [0.25, 0.3) is 0 Å². The number of aliphatic hydroxyl groups is 1. The van der Waals surface area contributed by atoms with Crippen molar-refractivity contribution in [2.24, 2.45) is 0 Å². The van der Waals surface area contributed by atoms with Crippen LogP contribution in [0.15, 0.2) is 22.7 Å². The summed E-state index contributed by atoms with van der Waals surface area (Å²) >= 11 is 3.39. The number of aryl methyl sites for hydroxylation is 1. The number of carbonyl (C=O) groups is 1. The predicted molar refractivity (Wildman–Crippen MR) is 76.2 cm³/mol. The summed E-state index contributed by atoms with van der Waals surface area (Å²) in [5.41, 5.74) is 1.10. The van der Waals surface area contributed by atoms with Gasteiger partial charge in [0.05, 0.1) is 17.2 Å². The van der Waals surface area contributed by atoms with E-state index in [9.17, 15) is 4.79 Å². The molecule has 19 heavy (non-hydrogen) atoms. The molecule has 0 bridgehead atoms. The Morgan fingerprint density at radius 2 is 2.11 bits per heavy atom. The van der Waals surface area contributed by atoms with Crippen molar-refractivity contribution >= 4 is 21.9 Å². The predicted octanol–water partition coefficient (Wildman–Crippen LogP) is 2.84. The topological polar surface area (TPSA) is 55.8 Å². The Bertz CT molecular complexity index is 431. The molecule has 0 heterocycles. The third-order valence-electron chi connectivity index (χ3n) is 2.50. The van der Waals surface area contributed by atoms with Crippen LogP contribution in [0.3, 0.4) is 0 Å². The van der Waals surface area contributed by atoms with Gasteiger partial charge in [0.1, 0.15) is 5.75 Å². The molecule has 4 nitrogen and oxygen atoms in total. The summed E-state index contributed by atoms with van der Waals surface area (Å²) in [6.45, 7) is 5.45. The van der Waals surface area contributed by atoms with E-state index in [1.54, 1.807) is 19.9 Å². The lowest BCUT2D eigenvalue weighted by atomic mass is 10.2. The van der Waals surface area contributed by atoms with Crippen molar-refractivity contribution in [1.82, 2.24) is 0 Å². The first kappa shape index (κ1) is 16.0. The highest BCUT2D eigenvalue weighted by atomic mass is 79.9. The third-order valence-corrected chi connectivity index (χ3v) is 3.12. The average Bonchev–Trinajstić information content (AvgIpc) is 2.32. The van der Waals surface area contributed by atoms with Gasteiger partial charge in [-0.3, -0.25) is 0 Å². The molecule has 0 aliphatic heterocycles. The monoisotopic (exact) mass is 330 g/mol. The number of hydrogen-bond donors (Lipinski definition) is 1. The highest BCUT2D eigenvalue weighted by Crippen LogP contribution is 2.26. The highest BCUT2D eigenvalue weighted by molar-refractivity contribution is 9.10. The van der Waals surface area contributed by atoms with Crippen molar-refractivity contribution in [3.63, 3.8) is 0 Å². The summed E-state index contributed by atoms with van der Waals surface area (Å²) in [6, 6.07) is 5.63. The van der Waals surface area contributed by atoms with Gasteiger partial charge in [0.2, 0.25) is 0 Å². The maximum absolute atomic E-state index is 11.7. The molecular weight excluding hydrogens is 312 g/mol. The fourth-order valence-electron chi connectivity index (χ4n) is 1.39. The molecular formula is C14H19BrO4. The molecule has 0 amide bonds. The molecule has 0 aromatic heterocycles. The van der Waals surface area contributed by atoms with Crippen molar-refractivity contribution in [3.8, 4) is 5.75 Å². The van der Waals surface area contributed by atoms with Crippen LogP contribution < -0.4 is 4.74 Å². The Morgan fingerprint density at radius 3 is 2.68 bits per heavy atom. The first-order valence-electron chi connectivity index (χ1n) is 6.17. The Labute approximate surface area is 121 Å². The molecule has 0 aliphatic carbocycles. The molecule has 1 rings (SSSR count). The van der Waals surface area contributed by atoms with Crippen LogP contribution in [0.2, 0.25) is 0 Å². The molecule has 0 saturated carbocycles. The summed E-state index contributed by atoms with van der Waals surface area (Å²) in [6.07, 6.45) is -0.740. The fourth-order valence-corrected chi connectivity index (χ4v) is 1.97. The summed E-state index contributed by atoms with van der Waals surface area (Å²) in [7, 11) is 0. The number of halogens is 1. The van der Waals surface area contributed by atoms with Crippen LogP contribution in [0.1, 0.15) is 25.8 Å². The summed E-state index contributed by atoms with van der Waals surface area (Å²) in [4.78, 5) is 11.7. The van der Waals surface area contributed by atoms with Crippen LogP contribution in [-0.4, -0.2) is 29.9 Å². The highest BCUT2D eigenvalue weighted by Gasteiger charge is 2.17. The van der Waals surface area contributed by atoms with E-state index >= 15 is 0 Å². The van der Waals surface area contributed by atoms with Crippen LogP contribution >= 0.6 is 15.9 Å². The Balaban J connectivity index is 2.49. The number of hydrogen-bond acceptors (Lipinski definition) is 4. The van der Waals surface area contributed by atoms with Gasteiger partial charge in [-0.15, -0.1) is 0 Å². The van der Waals surface area contributed by atoms with Crippen LogP contribution in [0.4, 0.5) is 0 Å². The van der Waals surface area contributed by atoms with Crippen LogP contribution in [0.25, 0.3) is 0 Å². The van der Waals surface area contributed by atoms with E-state index in [-0.39, 0.29) is 6.61 Å². The first-order valence-corrected chi connectivity index (χ1v) is 6.97. The maximum Gasteiger partial charge on any atom is 0.347 e. The minimum atomic E-state index is -0.687. The van der Waals surface area contributed by atoms with Gasteiger partial charge in [0.15, 0.2) is 6.10 Å². The lowest BCUT2D eigenvalue weighted by molar-refractivity contribution is -0.151. The number of rotatable bonds is 6. The molecule has 0 aliphatic rings. The lowest BCUT2D eigenvalue weighted by Crippen LogP contribution is -2.27. The van der Waals surface area contributed by atoms with Crippen molar-refractivity contribution in [2.45, 2.75) is 39.4 Å². The van der Waals surface area contributed by atoms with E-state index < -0.39 is 18.2 Å². The van der Waals surface area contributed by atoms with E-state index in [1.807, 2.05) is 19.1 Å². The quantitative estimate of drug-likeness (QED) is 0.815. The zero-order valence-corrected chi connectivity index (χ0v) is 12.9. The minimum absolute atomic E-state index is 0.194. The first-order chi connectivity index (χ1) is 8.90. The summed E-state index contributed by atoms with van der Waals surface area (Å²) < 4.78 is 11.3. The SMILES string of the molecule is Cc1ccc(OC(C)C(=O)OCCC(C)O)c(Br)c1. The van der Waals surface area contributed by atoms with Gasteiger partial charge in [-0.2, -0.15) is 0 Å². The van der Waals surface area contributed by atoms with Gasteiger partial charge < -0.3 is 14.6 Å². The zero-order chi connectivity index (χ0) is 14.4. The van der Waals surface area contributed by atoms with E-state index in [0.29, 0.717) is 12.2 Å². The Kier molecular flexibility index (Phi) is 6.31. The van der Waals surface area contributed by atoms with Gasteiger partial charge in [-0.25, -0.2) is 4.79 Å². The molecule has 0 fully saturated rings. The number of carbonyl (C=O) groups excluding carboxylic acids is 1. The van der Waals surface area contributed by atoms with Gasteiger partial charge in [0, 0.05) is 6.42 Å². The zero-order valence-electron chi connectivity index (χ0n) is 11.4. The standard InChI is InChI=1S/C14H19BrO4/c1-9-4-5-13(12(15)8-9)19-11(3)14(17)18-7-6-10(2)16/h4-5,8,10-11,16H,6-7H2,1-3H3. The van der Waals surface area contributed by atoms with E-state index in [2.05, 4.69) is 15.9 Å². The summed E-state index contributed by atoms with van der Waals surface area (Å²) in [5, 5.41) is 9.07. The fraction of sp³-hybridized carbons (Fsp3) is 0.500. The molecule has 0 saturated heterocycles. The molecule has 2 atom stereocenters. The Morgan fingerprint density at radius 1 is 1.42 bits per heavy atom. The molecule has 106 valence electrons. The maximum atomic E-state index is 11.7. The number of esters is 1. The Hall–Kier alpha value is -1.07. The second-order valence-corrected chi connectivity index (χ2v) is 5.35.